The Hall–Kier alpha value is -2.12. The molecule has 1 unspecified atom stereocenters. The molecule has 6 nitrogen and oxygen atoms in total. The fourth-order valence-electron chi connectivity index (χ4n) is 1.91. The van der Waals surface area contributed by atoms with Gasteiger partial charge in [0.2, 0.25) is 11.8 Å². The molecule has 0 radical (unpaired) electrons. The van der Waals surface area contributed by atoms with Gasteiger partial charge in [0.05, 0.1) is 12.5 Å². The topological polar surface area (TPSA) is 98.7 Å². The van der Waals surface area contributed by atoms with Crippen molar-refractivity contribution >= 4 is 18.9 Å². The second-order valence-electron chi connectivity index (χ2n) is 5.13. The lowest BCUT2D eigenvalue weighted by atomic mass is 9.75. The van der Waals surface area contributed by atoms with Crippen LogP contribution in [0.5, 0.6) is 0 Å². The molecule has 0 bridgehead atoms. The molecule has 118 valence electrons. The van der Waals surface area contributed by atoms with Crippen LogP contribution in [-0.2, 0) is 16.0 Å². The lowest BCUT2D eigenvalue weighted by molar-refractivity contribution is -0.124. The predicted octanol–water partition coefficient (Wildman–Crippen LogP) is -0.355. The summed E-state index contributed by atoms with van der Waals surface area (Å²) in [6, 6.07) is 5.76. The van der Waals surface area contributed by atoms with Crippen LogP contribution in [0.2, 0.25) is 0 Å². The summed E-state index contributed by atoms with van der Waals surface area (Å²) in [6.07, 6.45) is 1.33. The third kappa shape index (κ3) is 5.71. The molecule has 0 saturated carbocycles. The highest BCUT2D eigenvalue weighted by molar-refractivity contribution is 6.43. The largest absolute Gasteiger partial charge is 0.475 e. The molecular formula is C15H21BN2O4. The van der Waals surface area contributed by atoms with Crippen LogP contribution >= 0.6 is 0 Å². The second-order valence-corrected chi connectivity index (χ2v) is 5.13. The van der Waals surface area contributed by atoms with Gasteiger partial charge in [0.1, 0.15) is 0 Å². The van der Waals surface area contributed by atoms with E-state index in [9.17, 15) is 19.6 Å². The van der Waals surface area contributed by atoms with Crippen LogP contribution < -0.4 is 10.6 Å². The summed E-state index contributed by atoms with van der Waals surface area (Å²) in [5.41, 5.74) is 3.12. The second kappa shape index (κ2) is 8.36. The van der Waals surface area contributed by atoms with Crippen LogP contribution in [-0.4, -0.2) is 41.5 Å². The van der Waals surface area contributed by atoms with Gasteiger partial charge in [-0.25, -0.2) is 0 Å². The first-order valence-electron chi connectivity index (χ1n) is 6.95. The molecule has 2 amide bonds. The monoisotopic (exact) mass is 304 g/mol. The fraction of sp³-hybridized carbons (Fsp3) is 0.333. The average Bonchev–Trinajstić information content (AvgIpc) is 2.47. The van der Waals surface area contributed by atoms with Crippen molar-refractivity contribution in [2.75, 3.05) is 6.54 Å². The third-order valence-corrected chi connectivity index (χ3v) is 3.34. The van der Waals surface area contributed by atoms with Crippen molar-refractivity contribution in [1.82, 2.24) is 10.6 Å². The molecule has 0 aliphatic rings. The van der Waals surface area contributed by atoms with Gasteiger partial charge in [0, 0.05) is 0 Å². The van der Waals surface area contributed by atoms with Crippen molar-refractivity contribution in [2.45, 2.75) is 26.2 Å². The Balaban J connectivity index is 2.65. The highest BCUT2D eigenvalue weighted by Crippen LogP contribution is 2.12. The molecule has 0 aliphatic carbocycles. The Labute approximate surface area is 130 Å². The lowest BCUT2D eigenvalue weighted by Gasteiger charge is -2.18. The summed E-state index contributed by atoms with van der Waals surface area (Å²) in [7, 11) is -1.69. The zero-order valence-electron chi connectivity index (χ0n) is 12.8. The Morgan fingerprint density at radius 2 is 2.00 bits per heavy atom. The predicted molar refractivity (Wildman–Crippen MR) is 84.9 cm³/mol. The molecule has 0 heterocycles. The molecule has 0 spiro atoms. The first-order chi connectivity index (χ1) is 10.3. The summed E-state index contributed by atoms with van der Waals surface area (Å²) in [6.45, 7) is 6.98. The molecule has 0 aliphatic heterocycles. The number of nitrogens with one attached hydrogen (secondary N) is 2. The summed E-state index contributed by atoms with van der Waals surface area (Å²) in [4.78, 5) is 22.7. The molecule has 0 saturated heterocycles. The highest BCUT2D eigenvalue weighted by atomic mass is 16.4. The van der Waals surface area contributed by atoms with E-state index in [2.05, 4.69) is 17.2 Å². The minimum absolute atomic E-state index is 0.249. The molecule has 1 aromatic rings. The average molecular weight is 304 g/mol. The third-order valence-electron chi connectivity index (χ3n) is 3.34. The van der Waals surface area contributed by atoms with Gasteiger partial charge in [0.15, 0.2) is 0 Å². The number of hydrogen-bond donors (Lipinski definition) is 4. The first kappa shape index (κ1) is 17.9. The van der Waals surface area contributed by atoms with Gasteiger partial charge in [-0.2, -0.15) is 0 Å². The standard InChI is InChI=1S/C15H21BN2O4/c1-4-14(19)17-9-15(20)18-13(16(21)22)8-12-6-5-10(2)11(3)7-12/h4-7,13,21-22H,1,8-9H2,2-3H3,(H,17,19)(H,18,20). The molecule has 7 heteroatoms. The van der Waals surface area contributed by atoms with Crippen molar-refractivity contribution in [3.8, 4) is 0 Å². The number of hydrogen-bond acceptors (Lipinski definition) is 4. The van der Waals surface area contributed by atoms with Crippen LogP contribution in [0.25, 0.3) is 0 Å². The Bertz CT molecular complexity index is 560. The van der Waals surface area contributed by atoms with E-state index in [-0.39, 0.29) is 13.0 Å². The van der Waals surface area contributed by atoms with Gasteiger partial charge in [-0.05, 0) is 43.0 Å². The Morgan fingerprint density at radius 3 is 2.55 bits per heavy atom. The molecule has 22 heavy (non-hydrogen) atoms. The lowest BCUT2D eigenvalue weighted by Crippen LogP contribution is -2.50. The maximum atomic E-state index is 11.7. The molecular weight excluding hydrogens is 283 g/mol. The summed E-state index contributed by atoms with van der Waals surface area (Å²) < 4.78 is 0. The van der Waals surface area contributed by atoms with Gasteiger partial charge >= 0.3 is 7.12 Å². The van der Waals surface area contributed by atoms with E-state index < -0.39 is 24.9 Å². The molecule has 1 atom stereocenters. The van der Waals surface area contributed by atoms with Crippen LogP contribution in [0.1, 0.15) is 16.7 Å². The number of aryl methyl sites for hydroxylation is 2. The normalized spacial score (nSPS) is 11.5. The first-order valence-corrected chi connectivity index (χ1v) is 6.95. The summed E-state index contributed by atoms with van der Waals surface area (Å²) >= 11 is 0. The van der Waals surface area contributed by atoms with Crippen LogP contribution in [0.15, 0.2) is 30.9 Å². The number of carbonyl (C=O) groups is 2. The Morgan fingerprint density at radius 1 is 1.32 bits per heavy atom. The van der Waals surface area contributed by atoms with Crippen molar-refractivity contribution in [2.24, 2.45) is 0 Å². The van der Waals surface area contributed by atoms with Gasteiger partial charge in [-0.15, -0.1) is 0 Å². The summed E-state index contributed by atoms with van der Waals surface area (Å²) in [5, 5.41) is 23.6. The van der Waals surface area contributed by atoms with E-state index in [1.807, 2.05) is 32.0 Å². The van der Waals surface area contributed by atoms with E-state index in [0.717, 1.165) is 22.8 Å². The number of benzene rings is 1. The van der Waals surface area contributed by atoms with E-state index in [0.29, 0.717) is 0 Å². The van der Waals surface area contributed by atoms with E-state index >= 15 is 0 Å². The van der Waals surface area contributed by atoms with Crippen molar-refractivity contribution in [3.63, 3.8) is 0 Å². The van der Waals surface area contributed by atoms with Gasteiger partial charge in [0.25, 0.3) is 0 Å². The van der Waals surface area contributed by atoms with E-state index in [4.69, 9.17) is 0 Å². The summed E-state index contributed by atoms with van der Waals surface area (Å²) in [5.74, 6) is -1.82. The maximum Gasteiger partial charge on any atom is 0.475 e. The number of amides is 2. The highest BCUT2D eigenvalue weighted by Gasteiger charge is 2.25. The minimum Gasteiger partial charge on any atom is -0.426 e. The van der Waals surface area contributed by atoms with Gasteiger partial charge in [-0.1, -0.05) is 24.8 Å². The van der Waals surface area contributed by atoms with Crippen LogP contribution in [0, 0.1) is 13.8 Å². The molecule has 4 N–H and O–H groups in total. The molecule has 0 fully saturated rings. The van der Waals surface area contributed by atoms with E-state index in [1.54, 1.807) is 0 Å². The number of rotatable bonds is 7. The smallest absolute Gasteiger partial charge is 0.426 e. The quantitative estimate of drug-likeness (QED) is 0.408. The molecule has 0 aromatic heterocycles. The van der Waals surface area contributed by atoms with Crippen molar-refractivity contribution in [3.05, 3.63) is 47.5 Å². The minimum atomic E-state index is -1.69. The SMILES string of the molecule is C=CC(=O)NCC(=O)NC(Cc1ccc(C)c(C)c1)B(O)O. The van der Waals surface area contributed by atoms with Crippen molar-refractivity contribution < 1.29 is 19.6 Å². The molecule has 1 rings (SSSR count). The zero-order chi connectivity index (χ0) is 16.7. The van der Waals surface area contributed by atoms with Gasteiger partial charge in [-0.3, -0.25) is 9.59 Å². The van der Waals surface area contributed by atoms with Crippen LogP contribution in [0.4, 0.5) is 0 Å². The van der Waals surface area contributed by atoms with Gasteiger partial charge < -0.3 is 20.7 Å². The molecule has 1 aromatic carbocycles. The maximum absolute atomic E-state index is 11.7. The number of carbonyl (C=O) groups excluding carboxylic acids is 2. The van der Waals surface area contributed by atoms with Crippen molar-refractivity contribution in [1.29, 1.82) is 0 Å². The Kier molecular flexibility index (Phi) is 6.81. The fourth-order valence-corrected chi connectivity index (χ4v) is 1.91. The zero-order valence-corrected chi connectivity index (χ0v) is 12.8. The van der Waals surface area contributed by atoms with Crippen LogP contribution in [0.3, 0.4) is 0 Å². The van der Waals surface area contributed by atoms with E-state index in [1.165, 1.54) is 0 Å².